The first-order chi connectivity index (χ1) is 16.9. The molecule has 1 unspecified atom stereocenters. The monoisotopic (exact) mass is 499 g/mol. The van der Waals surface area contributed by atoms with Gasteiger partial charge in [0.2, 0.25) is 5.91 Å². The summed E-state index contributed by atoms with van der Waals surface area (Å²) < 4.78 is 0. The number of carboxylic acid groups (broad SMARTS) is 1. The van der Waals surface area contributed by atoms with Crippen molar-refractivity contribution in [1.29, 1.82) is 0 Å². The first-order valence-corrected chi connectivity index (χ1v) is 12.4. The van der Waals surface area contributed by atoms with Crippen LogP contribution in [0, 0.1) is 18.8 Å². The number of hydrogen-bond acceptors (Lipinski definition) is 6. The molecule has 2 fully saturated rings. The molecule has 36 heavy (non-hydrogen) atoms. The van der Waals surface area contributed by atoms with E-state index in [2.05, 4.69) is 53.4 Å². The molecule has 2 aliphatic heterocycles. The number of anilines is 1. The summed E-state index contributed by atoms with van der Waals surface area (Å²) in [5, 5.41) is 24.8. The fourth-order valence-electron chi connectivity index (χ4n) is 5.46. The minimum atomic E-state index is -0.948. The third-order valence-corrected chi connectivity index (χ3v) is 7.69. The SMILES string of the molecule is Cc1ccccc1[C@H](C/C(=N/O)C1CCC(=O)N(C)C1)c1ccc(N2CCC(C(=O)[O-])CC2)cc1.[Na+]. The zero-order valence-corrected chi connectivity index (χ0v) is 23.5. The predicted molar refractivity (Wildman–Crippen MR) is 134 cm³/mol. The van der Waals surface area contributed by atoms with E-state index in [0.29, 0.717) is 51.7 Å². The van der Waals surface area contributed by atoms with Crippen molar-refractivity contribution < 1.29 is 49.5 Å². The molecule has 0 bridgehead atoms. The summed E-state index contributed by atoms with van der Waals surface area (Å²) >= 11 is 0. The minimum Gasteiger partial charge on any atom is -0.550 e. The zero-order valence-electron chi connectivity index (χ0n) is 21.5. The first-order valence-electron chi connectivity index (χ1n) is 12.4. The summed E-state index contributed by atoms with van der Waals surface area (Å²) in [6.45, 7) is 4.07. The van der Waals surface area contributed by atoms with Crippen LogP contribution in [0.4, 0.5) is 5.69 Å². The molecule has 2 saturated heterocycles. The normalized spacial score (nSPS) is 20.1. The number of rotatable bonds is 7. The molecule has 0 aromatic heterocycles. The van der Waals surface area contributed by atoms with Gasteiger partial charge in [0.1, 0.15) is 0 Å². The second-order valence-corrected chi connectivity index (χ2v) is 9.89. The molecular weight excluding hydrogens is 465 g/mol. The Morgan fingerprint density at radius 3 is 2.33 bits per heavy atom. The van der Waals surface area contributed by atoms with Crippen LogP contribution >= 0.6 is 0 Å². The van der Waals surface area contributed by atoms with Gasteiger partial charge in [0.25, 0.3) is 0 Å². The van der Waals surface area contributed by atoms with Crippen LogP contribution < -0.4 is 39.6 Å². The summed E-state index contributed by atoms with van der Waals surface area (Å²) in [4.78, 5) is 27.1. The molecule has 2 aromatic carbocycles. The van der Waals surface area contributed by atoms with Crippen LogP contribution in [-0.2, 0) is 9.59 Å². The Bertz CT molecular complexity index is 1080. The van der Waals surface area contributed by atoms with Gasteiger partial charge in [-0.3, -0.25) is 4.79 Å². The number of piperidine rings is 2. The zero-order chi connectivity index (χ0) is 24.9. The molecule has 2 aliphatic rings. The molecular formula is C28H34N3NaO4. The van der Waals surface area contributed by atoms with E-state index in [1.807, 2.05) is 12.1 Å². The molecule has 4 rings (SSSR count). The van der Waals surface area contributed by atoms with Gasteiger partial charge in [-0.15, -0.1) is 0 Å². The van der Waals surface area contributed by atoms with Crippen LogP contribution in [0.3, 0.4) is 0 Å². The van der Waals surface area contributed by atoms with Crippen molar-refractivity contribution in [3.05, 3.63) is 65.2 Å². The average Bonchev–Trinajstić information content (AvgIpc) is 2.87. The molecule has 1 N–H and O–H groups in total. The number of hydrogen-bond donors (Lipinski definition) is 1. The number of carbonyl (C=O) groups is 2. The van der Waals surface area contributed by atoms with Crippen molar-refractivity contribution in [2.75, 3.05) is 31.6 Å². The molecule has 2 atom stereocenters. The number of likely N-dealkylation sites (tertiary alicyclic amines) is 1. The van der Waals surface area contributed by atoms with Crippen molar-refractivity contribution in [2.24, 2.45) is 17.0 Å². The van der Waals surface area contributed by atoms with E-state index in [1.54, 1.807) is 11.9 Å². The molecule has 0 spiro atoms. The van der Waals surface area contributed by atoms with E-state index in [1.165, 1.54) is 11.1 Å². The number of benzene rings is 2. The average molecular weight is 500 g/mol. The van der Waals surface area contributed by atoms with Gasteiger partial charge >= 0.3 is 29.6 Å². The predicted octanol–water partition coefficient (Wildman–Crippen LogP) is 0.186. The number of oxime groups is 1. The van der Waals surface area contributed by atoms with E-state index >= 15 is 0 Å². The third kappa shape index (κ3) is 6.50. The molecule has 0 saturated carbocycles. The quantitative estimate of drug-likeness (QED) is 0.254. The van der Waals surface area contributed by atoms with E-state index in [0.717, 1.165) is 17.0 Å². The Morgan fingerprint density at radius 2 is 1.75 bits per heavy atom. The van der Waals surface area contributed by atoms with Gasteiger partial charge < -0.3 is 24.9 Å². The summed E-state index contributed by atoms with van der Waals surface area (Å²) in [6.07, 6.45) is 2.95. The maximum atomic E-state index is 12.0. The topological polar surface area (TPSA) is 96.3 Å². The van der Waals surface area contributed by atoms with Gasteiger partial charge in [0.15, 0.2) is 0 Å². The van der Waals surface area contributed by atoms with Crippen molar-refractivity contribution in [1.82, 2.24) is 4.90 Å². The number of amides is 1. The van der Waals surface area contributed by atoms with Gasteiger partial charge in [-0.25, -0.2) is 0 Å². The van der Waals surface area contributed by atoms with Crippen molar-refractivity contribution in [2.45, 2.75) is 44.9 Å². The number of nitrogens with zero attached hydrogens (tertiary/aromatic N) is 3. The molecule has 8 heteroatoms. The smallest absolute Gasteiger partial charge is 0.550 e. The summed E-state index contributed by atoms with van der Waals surface area (Å²) in [7, 11) is 1.80. The van der Waals surface area contributed by atoms with E-state index < -0.39 is 5.97 Å². The Labute approximate surface area is 235 Å². The molecule has 2 aromatic rings. The van der Waals surface area contributed by atoms with Gasteiger partial charge in [-0.1, -0.05) is 41.6 Å². The molecule has 186 valence electrons. The van der Waals surface area contributed by atoms with Crippen LogP contribution in [-0.4, -0.2) is 54.4 Å². The van der Waals surface area contributed by atoms with E-state index in [-0.39, 0.29) is 53.2 Å². The van der Waals surface area contributed by atoms with Crippen LogP contribution in [0.25, 0.3) is 0 Å². The fourth-order valence-corrected chi connectivity index (χ4v) is 5.46. The Morgan fingerprint density at radius 1 is 1.08 bits per heavy atom. The molecule has 7 nitrogen and oxygen atoms in total. The number of aryl methyl sites for hydroxylation is 1. The number of carboxylic acids is 1. The maximum Gasteiger partial charge on any atom is 1.00 e. The third-order valence-electron chi connectivity index (χ3n) is 7.69. The Hall–Kier alpha value is -2.35. The standard InChI is InChI=1S/C28H35N3O4.Na/c1-19-5-3-4-6-24(19)25(17-26(29-35)22-9-12-27(32)30(2)18-22)20-7-10-23(11-8-20)31-15-13-21(14-16-31)28(33)34;/h3-8,10-11,21-22,25,35H,9,12-18H2,1-2H3,(H,33,34);/q;+1/p-1/b29-26-;/t22?,25-;/m1./s1. The number of aliphatic carboxylic acids is 1. The van der Waals surface area contributed by atoms with Crippen LogP contribution in [0.5, 0.6) is 0 Å². The van der Waals surface area contributed by atoms with Crippen molar-refractivity contribution >= 4 is 23.3 Å². The maximum absolute atomic E-state index is 12.0. The number of carbonyl (C=O) groups excluding carboxylic acids is 2. The van der Waals surface area contributed by atoms with Gasteiger partial charge in [0, 0.05) is 68.9 Å². The fraction of sp³-hybridized carbons (Fsp3) is 0.464. The first kappa shape index (κ1) is 28.2. The van der Waals surface area contributed by atoms with Crippen molar-refractivity contribution in [3.8, 4) is 0 Å². The molecule has 0 radical (unpaired) electrons. The molecule has 1 amide bonds. The largest absolute Gasteiger partial charge is 1.00 e. The molecule has 0 aliphatic carbocycles. The van der Waals surface area contributed by atoms with Gasteiger partial charge in [-0.05, 0) is 55.0 Å². The van der Waals surface area contributed by atoms with Crippen molar-refractivity contribution in [3.63, 3.8) is 0 Å². The Kier molecular flexibility index (Phi) is 10.00. The second kappa shape index (κ2) is 12.7. The summed E-state index contributed by atoms with van der Waals surface area (Å²) in [5.41, 5.74) is 5.31. The van der Waals surface area contributed by atoms with Gasteiger partial charge in [0.05, 0.1) is 5.71 Å². The van der Waals surface area contributed by atoms with Crippen LogP contribution in [0.15, 0.2) is 53.7 Å². The van der Waals surface area contributed by atoms with Gasteiger partial charge in [-0.2, -0.15) is 0 Å². The van der Waals surface area contributed by atoms with E-state index in [9.17, 15) is 19.9 Å². The summed E-state index contributed by atoms with van der Waals surface area (Å²) in [6, 6.07) is 16.7. The van der Waals surface area contributed by atoms with E-state index in [4.69, 9.17) is 0 Å². The Balaban J connectivity index is 0.00000361. The van der Waals surface area contributed by atoms with Crippen LogP contribution in [0.2, 0.25) is 0 Å². The minimum absolute atomic E-state index is 0. The van der Waals surface area contributed by atoms with Crippen LogP contribution in [0.1, 0.15) is 54.7 Å². The summed E-state index contributed by atoms with van der Waals surface area (Å²) in [5.74, 6) is -1.12. The molecule has 2 heterocycles. The second-order valence-electron chi connectivity index (χ2n) is 9.89.